The summed E-state index contributed by atoms with van der Waals surface area (Å²) < 4.78 is 10.6. The van der Waals surface area contributed by atoms with Crippen molar-refractivity contribution in [1.82, 2.24) is 5.32 Å². The molecule has 0 bridgehead atoms. The topological polar surface area (TPSA) is 64.6 Å². The molecule has 26 heavy (non-hydrogen) atoms. The first kappa shape index (κ1) is 18.1. The molecule has 1 fully saturated rings. The molecule has 0 aliphatic carbocycles. The monoisotopic (exact) mass is 353 g/mol. The lowest BCUT2D eigenvalue weighted by Gasteiger charge is -2.36. The molecule has 5 heteroatoms. The fourth-order valence-corrected chi connectivity index (χ4v) is 3.33. The van der Waals surface area contributed by atoms with E-state index in [-0.39, 0.29) is 18.2 Å². The van der Waals surface area contributed by atoms with Crippen LogP contribution in [0.25, 0.3) is 0 Å². The van der Waals surface area contributed by atoms with Crippen molar-refractivity contribution in [3.63, 3.8) is 0 Å². The van der Waals surface area contributed by atoms with Crippen molar-refractivity contribution in [2.45, 2.75) is 18.3 Å². The van der Waals surface area contributed by atoms with E-state index in [2.05, 4.69) is 5.32 Å². The molecule has 1 N–H and O–H groups in total. The van der Waals surface area contributed by atoms with Crippen LogP contribution in [0.3, 0.4) is 0 Å². The van der Waals surface area contributed by atoms with Gasteiger partial charge in [0.1, 0.15) is 5.75 Å². The summed E-state index contributed by atoms with van der Waals surface area (Å²) in [5, 5.41) is 2.84. The number of rotatable bonds is 6. The Bertz CT molecular complexity index is 749. The van der Waals surface area contributed by atoms with Crippen molar-refractivity contribution in [2.75, 3.05) is 26.9 Å². The molecule has 0 saturated carbocycles. The van der Waals surface area contributed by atoms with Crippen LogP contribution in [0, 0.1) is 0 Å². The number of ketones is 1. The summed E-state index contributed by atoms with van der Waals surface area (Å²) in [5.41, 5.74) is 0.879. The maximum absolute atomic E-state index is 13.0. The van der Waals surface area contributed by atoms with Crippen LogP contribution in [0.4, 0.5) is 0 Å². The van der Waals surface area contributed by atoms with Crippen molar-refractivity contribution in [2.24, 2.45) is 0 Å². The van der Waals surface area contributed by atoms with Gasteiger partial charge in [0, 0.05) is 18.8 Å². The Kier molecular flexibility index (Phi) is 5.68. The van der Waals surface area contributed by atoms with E-state index < -0.39 is 5.41 Å². The number of Topliss-reactive ketones (excluding diaryl/α,β-unsaturated/α-hetero) is 1. The quantitative estimate of drug-likeness (QED) is 0.811. The van der Waals surface area contributed by atoms with Gasteiger partial charge in [-0.15, -0.1) is 0 Å². The summed E-state index contributed by atoms with van der Waals surface area (Å²) in [6.45, 7) is 1.05. The average molecular weight is 353 g/mol. The zero-order valence-corrected chi connectivity index (χ0v) is 14.9. The molecule has 0 atom stereocenters. The Hall–Kier alpha value is -2.66. The zero-order valence-electron chi connectivity index (χ0n) is 14.9. The van der Waals surface area contributed by atoms with Crippen LogP contribution in [-0.2, 0) is 14.9 Å². The molecule has 1 aliphatic rings. The standard InChI is InChI=1S/C21H23NO4/c1-25-18-9-7-16(8-10-18)19(23)15-22-20(24)21(11-13-26-14-12-21)17-5-3-2-4-6-17/h2-10H,11-15H2,1H3,(H,22,24). The fraction of sp³-hybridized carbons (Fsp3) is 0.333. The SMILES string of the molecule is COc1ccc(C(=O)CNC(=O)C2(c3ccccc3)CCOCC2)cc1. The lowest BCUT2D eigenvalue weighted by molar-refractivity contribution is -0.130. The first-order valence-corrected chi connectivity index (χ1v) is 8.74. The number of benzene rings is 2. The molecular weight excluding hydrogens is 330 g/mol. The molecule has 3 rings (SSSR count). The molecule has 1 heterocycles. The predicted octanol–water partition coefficient (Wildman–Crippen LogP) is 2.74. The highest BCUT2D eigenvalue weighted by atomic mass is 16.5. The zero-order chi connectivity index (χ0) is 18.4. The van der Waals surface area contributed by atoms with Gasteiger partial charge in [-0.1, -0.05) is 30.3 Å². The van der Waals surface area contributed by atoms with Gasteiger partial charge >= 0.3 is 0 Å². The van der Waals surface area contributed by atoms with Gasteiger partial charge in [-0.05, 0) is 42.7 Å². The number of carbonyl (C=O) groups excluding carboxylic acids is 2. The van der Waals surface area contributed by atoms with Crippen LogP contribution in [0.2, 0.25) is 0 Å². The molecule has 0 aromatic heterocycles. The molecule has 0 radical (unpaired) electrons. The van der Waals surface area contributed by atoms with E-state index in [1.54, 1.807) is 31.4 Å². The predicted molar refractivity (Wildman–Crippen MR) is 98.5 cm³/mol. The van der Waals surface area contributed by atoms with Crippen molar-refractivity contribution >= 4 is 11.7 Å². The molecule has 136 valence electrons. The summed E-state index contributed by atoms with van der Waals surface area (Å²) >= 11 is 0. The minimum atomic E-state index is -0.639. The number of nitrogens with one attached hydrogen (secondary N) is 1. The molecule has 2 aromatic rings. The number of amides is 1. The van der Waals surface area contributed by atoms with Crippen molar-refractivity contribution in [1.29, 1.82) is 0 Å². The highest BCUT2D eigenvalue weighted by Crippen LogP contribution is 2.35. The van der Waals surface area contributed by atoms with E-state index in [1.165, 1.54) is 0 Å². The maximum Gasteiger partial charge on any atom is 0.231 e. The second-order valence-electron chi connectivity index (χ2n) is 6.39. The van der Waals surface area contributed by atoms with Gasteiger partial charge in [0.05, 0.1) is 19.1 Å². The van der Waals surface area contributed by atoms with E-state index in [9.17, 15) is 9.59 Å². The number of carbonyl (C=O) groups is 2. The first-order valence-electron chi connectivity index (χ1n) is 8.74. The summed E-state index contributed by atoms with van der Waals surface area (Å²) in [6.07, 6.45) is 1.22. The number of ether oxygens (including phenoxy) is 2. The third-order valence-corrected chi connectivity index (χ3v) is 4.93. The van der Waals surface area contributed by atoms with Crippen molar-refractivity contribution in [3.8, 4) is 5.75 Å². The van der Waals surface area contributed by atoms with Crippen LogP contribution in [0.1, 0.15) is 28.8 Å². The van der Waals surface area contributed by atoms with Crippen LogP contribution < -0.4 is 10.1 Å². The maximum atomic E-state index is 13.0. The Morgan fingerprint density at radius 1 is 1.04 bits per heavy atom. The Labute approximate surface area is 153 Å². The third-order valence-electron chi connectivity index (χ3n) is 4.93. The van der Waals surface area contributed by atoms with Gasteiger partial charge in [-0.25, -0.2) is 0 Å². The highest BCUT2D eigenvalue weighted by molar-refractivity contribution is 6.00. The van der Waals surface area contributed by atoms with Gasteiger partial charge < -0.3 is 14.8 Å². The molecule has 0 unspecified atom stereocenters. The van der Waals surface area contributed by atoms with Crippen molar-refractivity contribution < 1.29 is 19.1 Å². The van der Waals surface area contributed by atoms with Crippen LogP contribution in [-0.4, -0.2) is 38.6 Å². The van der Waals surface area contributed by atoms with E-state index in [0.717, 1.165) is 5.56 Å². The molecule has 2 aromatic carbocycles. The number of methoxy groups -OCH3 is 1. The van der Waals surface area contributed by atoms with Crippen LogP contribution >= 0.6 is 0 Å². The lowest BCUT2D eigenvalue weighted by atomic mass is 9.73. The second-order valence-corrected chi connectivity index (χ2v) is 6.39. The first-order chi connectivity index (χ1) is 12.7. The van der Waals surface area contributed by atoms with Crippen LogP contribution in [0.15, 0.2) is 54.6 Å². The summed E-state index contributed by atoms with van der Waals surface area (Å²) in [6, 6.07) is 16.6. The molecule has 0 spiro atoms. The van der Waals surface area contributed by atoms with Gasteiger partial charge in [-0.3, -0.25) is 9.59 Å². The fourth-order valence-electron chi connectivity index (χ4n) is 3.33. The van der Waals surface area contributed by atoms with E-state index in [4.69, 9.17) is 9.47 Å². The molecule has 1 aliphatic heterocycles. The minimum Gasteiger partial charge on any atom is -0.497 e. The van der Waals surface area contributed by atoms with E-state index in [1.807, 2.05) is 30.3 Å². The Morgan fingerprint density at radius 3 is 2.31 bits per heavy atom. The molecule has 1 amide bonds. The third kappa shape index (κ3) is 3.78. The number of hydrogen-bond donors (Lipinski definition) is 1. The minimum absolute atomic E-state index is 0.0272. The normalized spacial score (nSPS) is 15.9. The average Bonchev–Trinajstić information content (AvgIpc) is 2.73. The van der Waals surface area contributed by atoms with Gasteiger partial charge in [0.25, 0.3) is 0 Å². The van der Waals surface area contributed by atoms with Crippen LogP contribution in [0.5, 0.6) is 5.75 Å². The summed E-state index contributed by atoms with van der Waals surface area (Å²) in [7, 11) is 1.58. The van der Waals surface area contributed by atoms with Gasteiger partial charge in [0.15, 0.2) is 5.78 Å². The Balaban J connectivity index is 1.71. The van der Waals surface area contributed by atoms with E-state index >= 15 is 0 Å². The summed E-state index contributed by atoms with van der Waals surface area (Å²) in [4.78, 5) is 25.4. The molecule has 1 saturated heterocycles. The van der Waals surface area contributed by atoms with E-state index in [0.29, 0.717) is 37.4 Å². The highest BCUT2D eigenvalue weighted by Gasteiger charge is 2.41. The Morgan fingerprint density at radius 2 is 1.69 bits per heavy atom. The van der Waals surface area contributed by atoms with Crippen molar-refractivity contribution in [3.05, 3.63) is 65.7 Å². The van der Waals surface area contributed by atoms with Gasteiger partial charge in [0.2, 0.25) is 5.91 Å². The molecular formula is C21H23NO4. The smallest absolute Gasteiger partial charge is 0.231 e. The lowest BCUT2D eigenvalue weighted by Crippen LogP contribution is -2.49. The van der Waals surface area contributed by atoms with Gasteiger partial charge in [-0.2, -0.15) is 0 Å². The molecule has 5 nitrogen and oxygen atoms in total. The number of hydrogen-bond acceptors (Lipinski definition) is 4. The summed E-state index contributed by atoms with van der Waals surface area (Å²) in [5.74, 6) is 0.445. The largest absolute Gasteiger partial charge is 0.497 e. The second kappa shape index (κ2) is 8.15.